The van der Waals surface area contributed by atoms with Gasteiger partial charge in [0.25, 0.3) is 0 Å². The Kier molecular flexibility index (Phi) is 2.48. The maximum Gasteiger partial charge on any atom is 0.221 e. The fourth-order valence-corrected chi connectivity index (χ4v) is 1.30. The standard InChI is InChI=1S/C10H13NO/c1-7-4-3-5-8(2)9(7)6-10(11)12/h3-5H,6H2,1-2H3,(H2,11,12). The number of nitrogens with two attached hydrogens (primary N) is 1. The molecule has 0 aromatic heterocycles. The molecule has 12 heavy (non-hydrogen) atoms. The summed E-state index contributed by atoms with van der Waals surface area (Å²) in [5.41, 5.74) is 8.45. The lowest BCUT2D eigenvalue weighted by molar-refractivity contribution is -0.117. The zero-order chi connectivity index (χ0) is 9.14. The Balaban J connectivity index is 3.04. The minimum absolute atomic E-state index is 0.271. The van der Waals surface area contributed by atoms with Crippen LogP contribution in [0.15, 0.2) is 18.2 Å². The normalized spacial score (nSPS) is 9.83. The molecule has 1 rings (SSSR count). The van der Waals surface area contributed by atoms with E-state index in [0.717, 1.165) is 16.7 Å². The van der Waals surface area contributed by atoms with E-state index in [-0.39, 0.29) is 5.91 Å². The highest BCUT2D eigenvalue weighted by molar-refractivity contribution is 5.77. The van der Waals surface area contributed by atoms with Crippen molar-refractivity contribution in [3.63, 3.8) is 0 Å². The fraction of sp³-hybridized carbons (Fsp3) is 0.300. The summed E-state index contributed by atoms with van der Waals surface area (Å²) in [5.74, 6) is -0.271. The van der Waals surface area contributed by atoms with Crippen LogP contribution in [0, 0.1) is 13.8 Å². The van der Waals surface area contributed by atoms with E-state index in [1.165, 1.54) is 0 Å². The molecule has 0 radical (unpaired) electrons. The summed E-state index contributed by atoms with van der Waals surface area (Å²) >= 11 is 0. The van der Waals surface area contributed by atoms with Crippen molar-refractivity contribution in [1.82, 2.24) is 0 Å². The average molecular weight is 163 g/mol. The van der Waals surface area contributed by atoms with Gasteiger partial charge in [-0.25, -0.2) is 0 Å². The van der Waals surface area contributed by atoms with Crippen LogP contribution in [0.25, 0.3) is 0 Å². The summed E-state index contributed by atoms with van der Waals surface area (Å²) < 4.78 is 0. The van der Waals surface area contributed by atoms with E-state index in [2.05, 4.69) is 0 Å². The molecule has 1 amide bonds. The van der Waals surface area contributed by atoms with E-state index in [4.69, 9.17) is 5.73 Å². The summed E-state index contributed by atoms with van der Waals surface area (Å²) in [7, 11) is 0. The van der Waals surface area contributed by atoms with Crippen LogP contribution < -0.4 is 5.73 Å². The lowest BCUT2D eigenvalue weighted by Gasteiger charge is -2.06. The van der Waals surface area contributed by atoms with Gasteiger partial charge >= 0.3 is 0 Å². The second-order valence-electron chi connectivity index (χ2n) is 3.01. The monoisotopic (exact) mass is 163 g/mol. The van der Waals surface area contributed by atoms with Crippen LogP contribution in [0.4, 0.5) is 0 Å². The molecule has 0 fully saturated rings. The molecular formula is C10H13NO. The van der Waals surface area contributed by atoms with Crippen molar-refractivity contribution < 1.29 is 4.79 Å². The molecule has 0 unspecified atom stereocenters. The molecule has 0 bridgehead atoms. The molecule has 0 heterocycles. The molecule has 0 atom stereocenters. The highest BCUT2D eigenvalue weighted by Crippen LogP contribution is 2.13. The van der Waals surface area contributed by atoms with E-state index >= 15 is 0 Å². The second kappa shape index (κ2) is 3.39. The number of amides is 1. The highest BCUT2D eigenvalue weighted by Gasteiger charge is 2.04. The minimum atomic E-state index is -0.271. The van der Waals surface area contributed by atoms with Gasteiger partial charge in [0.15, 0.2) is 0 Å². The summed E-state index contributed by atoms with van der Waals surface area (Å²) in [5, 5.41) is 0. The van der Waals surface area contributed by atoms with E-state index in [9.17, 15) is 4.79 Å². The number of hydrogen-bond donors (Lipinski definition) is 1. The first-order chi connectivity index (χ1) is 5.61. The third kappa shape index (κ3) is 1.84. The van der Waals surface area contributed by atoms with Gasteiger partial charge in [0, 0.05) is 0 Å². The van der Waals surface area contributed by atoms with Crippen LogP contribution in [-0.2, 0) is 11.2 Å². The third-order valence-corrected chi connectivity index (χ3v) is 2.00. The molecule has 0 saturated heterocycles. The van der Waals surface area contributed by atoms with E-state index in [1.54, 1.807) is 0 Å². The van der Waals surface area contributed by atoms with E-state index in [0.29, 0.717) is 6.42 Å². The molecule has 2 nitrogen and oxygen atoms in total. The first-order valence-electron chi connectivity index (χ1n) is 3.94. The van der Waals surface area contributed by atoms with Crippen molar-refractivity contribution >= 4 is 5.91 Å². The van der Waals surface area contributed by atoms with Gasteiger partial charge in [-0.2, -0.15) is 0 Å². The van der Waals surface area contributed by atoms with Gasteiger partial charge in [0.2, 0.25) is 5.91 Å². The van der Waals surface area contributed by atoms with Crippen LogP contribution in [0.3, 0.4) is 0 Å². The van der Waals surface area contributed by atoms with Crippen LogP contribution in [-0.4, -0.2) is 5.91 Å². The number of benzene rings is 1. The number of aryl methyl sites for hydroxylation is 2. The number of carbonyl (C=O) groups excluding carboxylic acids is 1. The van der Waals surface area contributed by atoms with Gasteiger partial charge in [-0.3, -0.25) is 4.79 Å². The number of carbonyl (C=O) groups is 1. The smallest absolute Gasteiger partial charge is 0.221 e. The SMILES string of the molecule is Cc1cccc(C)c1CC(N)=O. The number of rotatable bonds is 2. The Labute approximate surface area is 72.4 Å². The first-order valence-corrected chi connectivity index (χ1v) is 3.94. The molecule has 64 valence electrons. The lowest BCUT2D eigenvalue weighted by Crippen LogP contribution is -2.15. The Morgan fingerprint density at radius 2 is 1.83 bits per heavy atom. The fourth-order valence-electron chi connectivity index (χ4n) is 1.30. The average Bonchev–Trinajstić information content (AvgIpc) is 1.97. The Hall–Kier alpha value is -1.31. The molecule has 1 aromatic rings. The van der Waals surface area contributed by atoms with E-state index in [1.807, 2.05) is 32.0 Å². The number of hydrogen-bond acceptors (Lipinski definition) is 1. The Bertz CT molecular complexity index is 284. The van der Waals surface area contributed by atoms with Gasteiger partial charge in [-0.15, -0.1) is 0 Å². The van der Waals surface area contributed by atoms with Crippen LogP contribution in [0.1, 0.15) is 16.7 Å². The van der Waals surface area contributed by atoms with Gasteiger partial charge < -0.3 is 5.73 Å². The van der Waals surface area contributed by atoms with Crippen molar-refractivity contribution in [3.05, 3.63) is 34.9 Å². The van der Waals surface area contributed by atoms with Crippen LogP contribution in [0.2, 0.25) is 0 Å². The molecule has 0 aliphatic rings. The summed E-state index contributed by atoms with van der Waals surface area (Å²) in [4.78, 5) is 10.7. The maximum absolute atomic E-state index is 10.7. The first kappa shape index (κ1) is 8.78. The van der Waals surface area contributed by atoms with Gasteiger partial charge in [-0.05, 0) is 30.5 Å². The second-order valence-corrected chi connectivity index (χ2v) is 3.01. The Morgan fingerprint density at radius 3 is 2.25 bits per heavy atom. The molecule has 0 saturated carbocycles. The van der Waals surface area contributed by atoms with Crippen molar-refractivity contribution in [3.8, 4) is 0 Å². The lowest BCUT2D eigenvalue weighted by atomic mass is 10.0. The number of primary amides is 1. The van der Waals surface area contributed by atoms with Crippen molar-refractivity contribution in [2.45, 2.75) is 20.3 Å². The topological polar surface area (TPSA) is 43.1 Å². The molecular weight excluding hydrogens is 150 g/mol. The van der Waals surface area contributed by atoms with Gasteiger partial charge in [0.05, 0.1) is 6.42 Å². The summed E-state index contributed by atoms with van der Waals surface area (Å²) in [6, 6.07) is 5.96. The van der Waals surface area contributed by atoms with E-state index < -0.39 is 0 Å². The Morgan fingerprint density at radius 1 is 1.33 bits per heavy atom. The largest absolute Gasteiger partial charge is 0.369 e. The zero-order valence-corrected chi connectivity index (χ0v) is 7.42. The van der Waals surface area contributed by atoms with Gasteiger partial charge in [0.1, 0.15) is 0 Å². The van der Waals surface area contributed by atoms with Crippen molar-refractivity contribution in [2.24, 2.45) is 5.73 Å². The predicted molar refractivity (Wildman–Crippen MR) is 48.8 cm³/mol. The van der Waals surface area contributed by atoms with Crippen LogP contribution >= 0.6 is 0 Å². The summed E-state index contributed by atoms with van der Waals surface area (Å²) in [6.07, 6.45) is 0.346. The molecule has 0 spiro atoms. The summed E-state index contributed by atoms with van der Waals surface area (Å²) in [6.45, 7) is 3.98. The molecule has 2 N–H and O–H groups in total. The van der Waals surface area contributed by atoms with Crippen molar-refractivity contribution in [1.29, 1.82) is 0 Å². The maximum atomic E-state index is 10.7. The minimum Gasteiger partial charge on any atom is -0.369 e. The molecule has 0 aliphatic carbocycles. The molecule has 0 aliphatic heterocycles. The molecule has 2 heteroatoms. The highest BCUT2D eigenvalue weighted by atomic mass is 16.1. The van der Waals surface area contributed by atoms with Gasteiger partial charge in [-0.1, -0.05) is 18.2 Å². The quantitative estimate of drug-likeness (QED) is 0.702. The third-order valence-electron chi connectivity index (χ3n) is 2.00. The van der Waals surface area contributed by atoms with Crippen molar-refractivity contribution in [2.75, 3.05) is 0 Å². The predicted octanol–water partition coefficient (Wildman–Crippen LogP) is 1.33. The zero-order valence-electron chi connectivity index (χ0n) is 7.42. The van der Waals surface area contributed by atoms with Crippen LogP contribution in [0.5, 0.6) is 0 Å². The molecule has 1 aromatic carbocycles.